The van der Waals surface area contributed by atoms with Crippen molar-refractivity contribution in [2.24, 2.45) is 0 Å². The van der Waals surface area contributed by atoms with Crippen molar-refractivity contribution in [2.45, 2.75) is 43.8 Å². The van der Waals surface area contributed by atoms with Gasteiger partial charge >= 0.3 is 0 Å². The SMILES string of the molecule is CCCNS(=O)(=O)c1ccc(OC(C)(C)C2CO2)cc1. The van der Waals surface area contributed by atoms with Crippen LogP contribution in [0.2, 0.25) is 0 Å². The lowest BCUT2D eigenvalue weighted by Crippen LogP contribution is -2.34. The molecule has 0 amide bonds. The second-order valence-electron chi connectivity index (χ2n) is 5.40. The van der Waals surface area contributed by atoms with Crippen LogP contribution >= 0.6 is 0 Å². The first kappa shape index (κ1) is 15.3. The van der Waals surface area contributed by atoms with Crippen LogP contribution < -0.4 is 9.46 Å². The van der Waals surface area contributed by atoms with Crippen LogP contribution in [0.3, 0.4) is 0 Å². The fourth-order valence-electron chi connectivity index (χ4n) is 1.83. The first-order valence-electron chi connectivity index (χ1n) is 6.75. The maximum Gasteiger partial charge on any atom is 0.240 e. The van der Waals surface area contributed by atoms with E-state index in [1.54, 1.807) is 24.3 Å². The second-order valence-corrected chi connectivity index (χ2v) is 7.16. The zero-order valence-corrected chi connectivity index (χ0v) is 12.9. The molecule has 6 heteroatoms. The van der Waals surface area contributed by atoms with E-state index >= 15 is 0 Å². The minimum atomic E-state index is -3.42. The highest BCUT2D eigenvalue weighted by atomic mass is 32.2. The fraction of sp³-hybridized carbons (Fsp3) is 0.571. The van der Waals surface area contributed by atoms with Crippen LogP contribution in [-0.2, 0) is 14.8 Å². The highest BCUT2D eigenvalue weighted by molar-refractivity contribution is 7.89. The predicted molar refractivity (Wildman–Crippen MR) is 76.4 cm³/mol. The molecule has 0 aliphatic carbocycles. The topological polar surface area (TPSA) is 67.9 Å². The van der Waals surface area contributed by atoms with Gasteiger partial charge in [-0.2, -0.15) is 0 Å². The van der Waals surface area contributed by atoms with E-state index in [0.717, 1.165) is 6.42 Å². The molecule has 1 fully saturated rings. The van der Waals surface area contributed by atoms with Crippen molar-refractivity contribution in [1.82, 2.24) is 4.72 Å². The molecule has 0 radical (unpaired) electrons. The highest BCUT2D eigenvalue weighted by Crippen LogP contribution is 2.29. The van der Waals surface area contributed by atoms with Crippen molar-refractivity contribution in [2.75, 3.05) is 13.2 Å². The van der Waals surface area contributed by atoms with Crippen LogP contribution in [0.25, 0.3) is 0 Å². The lowest BCUT2D eigenvalue weighted by atomic mass is 10.1. The summed E-state index contributed by atoms with van der Waals surface area (Å²) in [6.45, 7) is 6.98. The molecular weight excluding hydrogens is 278 g/mol. The largest absolute Gasteiger partial charge is 0.485 e. The number of ether oxygens (including phenoxy) is 2. The first-order chi connectivity index (χ1) is 9.35. The van der Waals surface area contributed by atoms with Crippen molar-refractivity contribution in [3.05, 3.63) is 24.3 Å². The van der Waals surface area contributed by atoms with Crippen molar-refractivity contribution in [3.63, 3.8) is 0 Å². The van der Waals surface area contributed by atoms with Crippen LogP contribution in [0.5, 0.6) is 5.75 Å². The molecule has 1 saturated heterocycles. The van der Waals surface area contributed by atoms with E-state index in [0.29, 0.717) is 18.9 Å². The zero-order valence-electron chi connectivity index (χ0n) is 12.0. The van der Waals surface area contributed by atoms with Gasteiger partial charge in [0.2, 0.25) is 10.0 Å². The highest BCUT2D eigenvalue weighted by Gasteiger charge is 2.41. The van der Waals surface area contributed by atoms with Gasteiger partial charge < -0.3 is 9.47 Å². The summed E-state index contributed by atoms with van der Waals surface area (Å²) in [5, 5.41) is 0. The molecule has 1 aliphatic rings. The molecule has 5 nitrogen and oxygen atoms in total. The minimum absolute atomic E-state index is 0.108. The van der Waals surface area contributed by atoms with Gasteiger partial charge in [-0.1, -0.05) is 6.92 Å². The van der Waals surface area contributed by atoms with Gasteiger partial charge in [0.1, 0.15) is 17.5 Å². The van der Waals surface area contributed by atoms with Gasteiger partial charge in [0.05, 0.1) is 11.5 Å². The molecule has 1 unspecified atom stereocenters. The molecule has 112 valence electrons. The smallest absolute Gasteiger partial charge is 0.240 e. The minimum Gasteiger partial charge on any atom is -0.485 e. The Labute approximate surface area is 120 Å². The van der Waals surface area contributed by atoms with Crippen molar-refractivity contribution in [3.8, 4) is 5.75 Å². The summed E-state index contributed by atoms with van der Waals surface area (Å²) in [4.78, 5) is 0.249. The fourth-order valence-corrected chi connectivity index (χ4v) is 2.96. The Kier molecular flexibility index (Phi) is 4.36. The molecule has 0 bridgehead atoms. The van der Waals surface area contributed by atoms with E-state index in [4.69, 9.17) is 9.47 Å². The summed E-state index contributed by atoms with van der Waals surface area (Å²) in [6, 6.07) is 6.45. The van der Waals surface area contributed by atoms with Gasteiger partial charge in [0.15, 0.2) is 0 Å². The second kappa shape index (κ2) is 5.71. The zero-order chi connectivity index (χ0) is 14.8. The molecule has 0 aromatic heterocycles. The van der Waals surface area contributed by atoms with Crippen LogP contribution in [0.1, 0.15) is 27.2 Å². The molecule has 1 aromatic carbocycles. The molecular formula is C14H21NO4S. The van der Waals surface area contributed by atoms with E-state index < -0.39 is 15.6 Å². The average molecular weight is 299 g/mol. The summed E-state index contributed by atoms with van der Waals surface area (Å²) < 4.78 is 37.5. The van der Waals surface area contributed by atoms with Crippen LogP contribution in [-0.4, -0.2) is 33.3 Å². The van der Waals surface area contributed by atoms with Crippen molar-refractivity contribution in [1.29, 1.82) is 0 Å². The molecule has 1 heterocycles. The number of epoxide rings is 1. The lowest BCUT2D eigenvalue weighted by Gasteiger charge is -2.24. The summed E-state index contributed by atoms with van der Waals surface area (Å²) in [5.41, 5.74) is -0.402. The number of nitrogens with one attached hydrogen (secondary N) is 1. The average Bonchev–Trinajstić information content (AvgIpc) is 3.21. The quantitative estimate of drug-likeness (QED) is 0.781. The van der Waals surface area contributed by atoms with Gasteiger partial charge in [-0.3, -0.25) is 0 Å². The van der Waals surface area contributed by atoms with Gasteiger partial charge in [-0.05, 0) is 44.5 Å². The molecule has 1 atom stereocenters. The standard InChI is InChI=1S/C14H21NO4S/c1-4-9-15-20(16,17)12-7-5-11(6-8-12)19-14(2,3)13-10-18-13/h5-8,13,15H,4,9-10H2,1-3H3. The normalized spacial score (nSPS) is 18.9. The number of hydrogen-bond acceptors (Lipinski definition) is 4. The Hall–Kier alpha value is -1.11. The van der Waals surface area contributed by atoms with Crippen molar-refractivity contribution < 1.29 is 17.9 Å². The van der Waals surface area contributed by atoms with E-state index in [9.17, 15) is 8.42 Å². The number of rotatable bonds is 7. The summed E-state index contributed by atoms with van der Waals surface area (Å²) in [5.74, 6) is 0.639. The lowest BCUT2D eigenvalue weighted by molar-refractivity contribution is 0.0743. The summed E-state index contributed by atoms with van der Waals surface area (Å²) in [7, 11) is -3.42. The first-order valence-corrected chi connectivity index (χ1v) is 8.24. The third-order valence-electron chi connectivity index (χ3n) is 3.17. The molecule has 2 rings (SSSR count). The Morgan fingerprint density at radius 3 is 2.45 bits per heavy atom. The van der Waals surface area contributed by atoms with Crippen molar-refractivity contribution >= 4 is 10.0 Å². The van der Waals surface area contributed by atoms with Crippen LogP contribution in [0.4, 0.5) is 0 Å². The number of sulfonamides is 1. The van der Waals surface area contributed by atoms with E-state index in [1.807, 2.05) is 20.8 Å². The molecule has 20 heavy (non-hydrogen) atoms. The molecule has 0 spiro atoms. The number of hydrogen-bond donors (Lipinski definition) is 1. The Bertz CT molecular complexity index is 547. The Morgan fingerprint density at radius 1 is 1.35 bits per heavy atom. The summed E-state index contributed by atoms with van der Waals surface area (Å²) >= 11 is 0. The summed E-state index contributed by atoms with van der Waals surface area (Å²) in [6.07, 6.45) is 0.868. The predicted octanol–water partition coefficient (Wildman–Crippen LogP) is 1.93. The number of benzene rings is 1. The van der Waals surface area contributed by atoms with Gasteiger partial charge in [-0.15, -0.1) is 0 Å². The van der Waals surface area contributed by atoms with E-state index in [-0.39, 0.29) is 11.0 Å². The third kappa shape index (κ3) is 3.71. The molecule has 1 N–H and O–H groups in total. The van der Waals surface area contributed by atoms with E-state index in [1.165, 1.54) is 0 Å². The monoisotopic (exact) mass is 299 g/mol. The van der Waals surface area contributed by atoms with Crippen LogP contribution in [0.15, 0.2) is 29.2 Å². The molecule has 0 saturated carbocycles. The van der Waals surface area contributed by atoms with E-state index in [2.05, 4.69) is 4.72 Å². The van der Waals surface area contributed by atoms with Gasteiger partial charge in [-0.25, -0.2) is 13.1 Å². The maximum absolute atomic E-state index is 11.9. The third-order valence-corrected chi connectivity index (χ3v) is 4.64. The van der Waals surface area contributed by atoms with Gasteiger partial charge in [0, 0.05) is 6.54 Å². The van der Waals surface area contributed by atoms with Crippen LogP contribution in [0, 0.1) is 0 Å². The Balaban J connectivity index is 2.06. The Morgan fingerprint density at radius 2 is 1.95 bits per heavy atom. The molecule has 1 aliphatic heterocycles. The van der Waals surface area contributed by atoms with Gasteiger partial charge in [0.25, 0.3) is 0 Å². The maximum atomic E-state index is 11.9. The molecule has 1 aromatic rings.